The molecule has 0 spiro atoms. The maximum absolute atomic E-state index is 6.15. The molecule has 0 fully saturated rings. The molecule has 1 aromatic carbocycles. The monoisotopic (exact) mass is 583 g/mol. The van der Waals surface area contributed by atoms with Gasteiger partial charge in [-0.2, -0.15) is 0 Å². The third-order valence-electron chi connectivity index (χ3n) is 8.40. The van der Waals surface area contributed by atoms with Gasteiger partial charge in [0, 0.05) is 54.4 Å². The zero-order valence-corrected chi connectivity index (χ0v) is 26.3. The van der Waals surface area contributed by atoms with E-state index in [1.54, 1.807) is 0 Å². The van der Waals surface area contributed by atoms with Crippen molar-refractivity contribution in [1.82, 2.24) is 35.5 Å². The van der Waals surface area contributed by atoms with Crippen molar-refractivity contribution in [1.29, 1.82) is 0 Å². The summed E-state index contributed by atoms with van der Waals surface area (Å²) < 4.78 is 11.9. The van der Waals surface area contributed by atoms with E-state index in [2.05, 4.69) is 74.6 Å². The van der Waals surface area contributed by atoms with E-state index in [0.717, 1.165) is 73.4 Å². The van der Waals surface area contributed by atoms with Gasteiger partial charge >= 0.3 is 0 Å². The van der Waals surface area contributed by atoms with Crippen molar-refractivity contribution >= 4 is 10.9 Å². The predicted octanol–water partition coefficient (Wildman–Crippen LogP) is 6.96. The smallest absolute Gasteiger partial charge is 0.242 e. The van der Waals surface area contributed by atoms with Crippen LogP contribution >= 0.6 is 0 Å². The maximum atomic E-state index is 6.15. The lowest BCUT2D eigenvalue weighted by Gasteiger charge is -2.39. The Morgan fingerprint density at radius 1 is 1.00 bits per heavy atom. The van der Waals surface area contributed by atoms with Crippen molar-refractivity contribution in [3.63, 3.8) is 0 Å². The summed E-state index contributed by atoms with van der Waals surface area (Å²) in [6.45, 7) is 10.2. The first-order chi connectivity index (χ1) is 20.9. The Balaban J connectivity index is 0.000000400. The minimum Gasteiger partial charge on any atom is -0.423 e. The summed E-state index contributed by atoms with van der Waals surface area (Å²) in [5.74, 6) is 2.10. The zero-order chi connectivity index (χ0) is 30.4. The molecule has 228 valence electrons. The SMILES string of the molecule is CCCC(CCCC1(c2nnc(C)o2)NC(c2ncc(CC)[nH]2)Cc2c1[nH]c1ccccc21)OC.Cc1ccc(C)nc1. The molecule has 3 N–H and O–H groups in total. The average Bonchev–Trinajstić information content (AvgIpc) is 3.77. The fourth-order valence-electron chi connectivity index (χ4n) is 6.08. The van der Waals surface area contributed by atoms with Crippen LogP contribution in [0.4, 0.5) is 0 Å². The van der Waals surface area contributed by atoms with Gasteiger partial charge in [-0.15, -0.1) is 10.2 Å². The summed E-state index contributed by atoms with van der Waals surface area (Å²) in [5, 5.41) is 13.9. The van der Waals surface area contributed by atoms with Gasteiger partial charge in [0.05, 0.1) is 12.1 Å². The normalized spacial score (nSPS) is 18.7. The van der Waals surface area contributed by atoms with Crippen LogP contribution in [0.1, 0.15) is 97.8 Å². The van der Waals surface area contributed by atoms with Crippen LogP contribution in [0.15, 0.2) is 53.2 Å². The van der Waals surface area contributed by atoms with Crippen LogP contribution in [0.3, 0.4) is 0 Å². The second-order valence-electron chi connectivity index (χ2n) is 11.6. The van der Waals surface area contributed by atoms with Gasteiger partial charge in [-0.1, -0.05) is 44.5 Å². The Hall–Kier alpha value is -3.82. The van der Waals surface area contributed by atoms with Crippen LogP contribution in [0, 0.1) is 20.8 Å². The Morgan fingerprint density at radius 2 is 1.84 bits per heavy atom. The molecule has 5 aromatic rings. The molecule has 0 bridgehead atoms. The number of fused-ring (bicyclic) bond motifs is 3. The number of H-pyrrole nitrogens is 2. The summed E-state index contributed by atoms with van der Waals surface area (Å²) in [7, 11) is 1.81. The molecule has 0 amide bonds. The molecule has 9 heteroatoms. The Morgan fingerprint density at radius 3 is 2.49 bits per heavy atom. The number of nitrogens with one attached hydrogen (secondary N) is 3. The number of rotatable bonds is 10. The summed E-state index contributed by atoms with van der Waals surface area (Å²) in [6, 6.07) is 12.6. The van der Waals surface area contributed by atoms with Crippen LogP contribution in [0.5, 0.6) is 0 Å². The lowest BCUT2D eigenvalue weighted by Crippen LogP contribution is -2.50. The molecule has 6 rings (SSSR count). The number of ether oxygens (including phenoxy) is 1. The first kappa shape index (κ1) is 30.6. The first-order valence-corrected chi connectivity index (χ1v) is 15.5. The quantitative estimate of drug-likeness (QED) is 0.163. The number of aromatic amines is 2. The number of hydrogen-bond donors (Lipinski definition) is 3. The Labute approximate surface area is 254 Å². The van der Waals surface area contributed by atoms with Crippen molar-refractivity contribution in [2.75, 3.05) is 7.11 Å². The van der Waals surface area contributed by atoms with Gasteiger partial charge in [-0.05, 0) is 75.6 Å². The number of aryl methyl sites for hydroxylation is 4. The lowest BCUT2D eigenvalue weighted by atomic mass is 9.79. The molecule has 1 aliphatic rings. The molecule has 0 saturated carbocycles. The fraction of sp³-hybridized carbons (Fsp3) is 0.471. The highest BCUT2D eigenvalue weighted by Gasteiger charge is 2.48. The highest BCUT2D eigenvalue weighted by molar-refractivity contribution is 5.85. The van der Waals surface area contributed by atoms with E-state index in [1.165, 1.54) is 16.5 Å². The molecule has 0 radical (unpaired) electrons. The Kier molecular flexibility index (Phi) is 9.72. The fourth-order valence-corrected chi connectivity index (χ4v) is 6.08. The van der Waals surface area contributed by atoms with Crippen LogP contribution in [-0.4, -0.2) is 43.3 Å². The van der Waals surface area contributed by atoms with Gasteiger partial charge in [-0.25, -0.2) is 4.98 Å². The number of imidazole rings is 1. The molecular weight excluding hydrogens is 538 g/mol. The minimum absolute atomic E-state index is 0.0110. The van der Waals surface area contributed by atoms with E-state index in [0.29, 0.717) is 11.8 Å². The van der Waals surface area contributed by atoms with Crippen molar-refractivity contribution in [2.24, 2.45) is 0 Å². The van der Waals surface area contributed by atoms with E-state index in [-0.39, 0.29) is 12.1 Å². The molecule has 43 heavy (non-hydrogen) atoms. The summed E-state index contributed by atoms with van der Waals surface area (Å²) in [5.41, 5.74) is 6.30. The zero-order valence-electron chi connectivity index (χ0n) is 26.3. The van der Waals surface area contributed by atoms with Gasteiger partial charge in [-0.3, -0.25) is 10.3 Å². The Bertz CT molecular complexity index is 1580. The number of hydrogen-bond acceptors (Lipinski definition) is 7. The molecule has 3 unspecified atom stereocenters. The molecule has 9 nitrogen and oxygen atoms in total. The van der Waals surface area contributed by atoms with E-state index >= 15 is 0 Å². The molecule has 0 saturated heterocycles. The molecule has 0 aliphatic carbocycles. The van der Waals surface area contributed by atoms with Gasteiger partial charge in [0.2, 0.25) is 11.8 Å². The molecule has 4 aromatic heterocycles. The van der Waals surface area contributed by atoms with Crippen LogP contribution in [-0.2, 0) is 23.1 Å². The molecule has 3 atom stereocenters. The van der Waals surface area contributed by atoms with Crippen molar-refractivity contribution < 1.29 is 9.15 Å². The van der Waals surface area contributed by atoms with Crippen LogP contribution in [0.25, 0.3) is 10.9 Å². The molecule has 1 aliphatic heterocycles. The third kappa shape index (κ3) is 6.73. The number of nitrogens with zero attached hydrogens (tertiary/aromatic N) is 4. The molecular formula is C34H45N7O2. The van der Waals surface area contributed by atoms with Gasteiger partial charge in [0.25, 0.3) is 0 Å². The standard InChI is InChI=1S/C27H36N6O2.C7H9N/c1-5-10-19(34-4)11-9-14-27(26-33-32-17(3)35-26)24-21(20-12-7-8-13-22(20)30-24)15-23(31-27)25-28-16-18(6-2)29-25;1-6-3-4-7(2)8-5-6/h7-8,12-13,16,19,23,30-31H,5-6,9-11,14-15H2,1-4H3,(H,28,29);3-5H,1-2H3. The molecule has 5 heterocycles. The lowest BCUT2D eigenvalue weighted by molar-refractivity contribution is 0.0816. The number of para-hydroxylation sites is 1. The largest absolute Gasteiger partial charge is 0.423 e. The highest BCUT2D eigenvalue weighted by Crippen LogP contribution is 2.45. The number of benzene rings is 1. The highest BCUT2D eigenvalue weighted by atomic mass is 16.5. The number of pyridine rings is 1. The second kappa shape index (κ2) is 13.7. The predicted molar refractivity (Wildman–Crippen MR) is 169 cm³/mol. The maximum Gasteiger partial charge on any atom is 0.242 e. The van der Waals surface area contributed by atoms with Gasteiger partial charge < -0.3 is 19.1 Å². The van der Waals surface area contributed by atoms with E-state index < -0.39 is 5.54 Å². The van der Waals surface area contributed by atoms with Crippen LogP contribution in [0.2, 0.25) is 0 Å². The summed E-state index contributed by atoms with van der Waals surface area (Å²) in [4.78, 5) is 16.1. The van der Waals surface area contributed by atoms with Crippen molar-refractivity contribution in [3.8, 4) is 0 Å². The van der Waals surface area contributed by atoms with Crippen LogP contribution < -0.4 is 5.32 Å². The third-order valence-corrected chi connectivity index (χ3v) is 8.40. The van der Waals surface area contributed by atoms with E-state index in [4.69, 9.17) is 14.1 Å². The van der Waals surface area contributed by atoms with E-state index in [1.807, 2.05) is 46.3 Å². The van der Waals surface area contributed by atoms with E-state index in [9.17, 15) is 0 Å². The van der Waals surface area contributed by atoms with Gasteiger partial charge in [0.1, 0.15) is 11.4 Å². The number of methoxy groups -OCH3 is 1. The number of aromatic nitrogens is 6. The topological polar surface area (TPSA) is 118 Å². The summed E-state index contributed by atoms with van der Waals surface area (Å²) in [6.07, 6.45) is 10.7. The van der Waals surface area contributed by atoms with Crippen molar-refractivity contribution in [2.45, 2.75) is 97.2 Å². The van der Waals surface area contributed by atoms with Crippen molar-refractivity contribution in [3.05, 3.63) is 94.6 Å². The minimum atomic E-state index is -0.651. The first-order valence-electron chi connectivity index (χ1n) is 15.5. The van der Waals surface area contributed by atoms with Gasteiger partial charge in [0.15, 0.2) is 0 Å². The average molecular weight is 584 g/mol. The summed E-state index contributed by atoms with van der Waals surface area (Å²) >= 11 is 0. The second-order valence-corrected chi connectivity index (χ2v) is 11.6.